The van der Waals surface area contributed by atoms with Gasteiger partial charge in [-0.2, -0.15) is 0 Å². The Morgan fingerprint density at radius 2 is 1.59 bits per heavy atom. The topological polar surface area (TPSA) is 103 Å². The van der Waals surface area contributed by atoms with Crippen LogP contribution in [0.25, 0.3) is 0 Å². The minimum Gasteiger partial charge on any atom is -0.493 e. The molecule has 8 nitrogen and oxygen atoms in total. The number of hydrogen-bond donors (Lipinski definition) is 2. The summed E-state index contributed by atoms with van der Waals surface area (Å²) in [4.78, 5) is 11.0. The normalized spacial score (nSPS) is 11.5. The van der Waals surface area contributed by atoms with E-state index in [0.29, 0.717) is 36.8 Å². The molecule has 0 bridgehead atoms. The second-order valence-corrected chi connectivity index (χ2v) is 7.40. The van der Waals surface area contributed by atoms with Gasteiger partial charge in [-0.3, -0.25) is 19.9 Å². The van der Waals surface area contributed by atoms with Crippen molar-refractivity contribution >= 4 is 5.69 Å². The molecule has 0 spiro atoms. The molecule has 168 valence electrons. The quantitative estimate of drug-likeness (QED) is 0.371. The number of benzene rings is 1. The van der Waals surface area contributed by atoms with Crippen molar-refractivity contribution in [2.45, 2.75) is 20.0 Å². The Balaban J connectivity index is 1.78. The molecule has 0 radical (unpaired) electrons. The number of hydrogen-bond acceptors (Lipinski definition) is 8. The predicted molar refractivity (Wildman–Crippen MR) is 126 cm³/mol. The zero-order chi connectivity index (χ0) is 22.9. The Morgan fingerprint density at radius 1 is 0.969 bits per heavy atom. The summed E-state index contributed by atoms with van der Waals surface area (Å²) in [5.41, 5.74) is 10.6. The maximum absolute atomic E-state index is 6.39. The molecule has 2 heterocycles. The van der Waals surface area contributed by atoms with Gasteiger partial charge >= 0.3 is 0 Å². The van der Waals surface area contributed by atoms with Crippen molar-refractivity contribution in [1.29, 1.82) is 0 Å². The van der Waals surface area contributed by atoms with Gasteiger partial charge in [-0.1, -0.05) is 12.1 Å². The molecule has 3 rings (SSSR count). The van der Waals surface area contributed by atoms with Crippen molar-refractivity contribution in [1.82, 2.24) is 14.9 Å². The molecule has 3 aromatic rings. The molecule has 0 aliphatic rings. The van der Waals surface area contributed by atoms with Crippen LogP contribution in [-0.2, 0) is 13.1 Å². The van der Waals surface area contributed by atoms with E-state index >= 15 is 0 Å². The summed E-state index contributed by atoms with van der Waals surface area (Å²) in [6.45, 7) is 3.69. The maximum atomic E-state index is 6.39. The Morgan fingerprint density at radius 3 is 2.09 bits per heavy atom. The van der Waals surface area contributed by atoms with Gasteiger partial charge < -0.3 is 15.2 Å². The number of aromatic nitrogens is 2. The second kappa shape index (κ2) is 11.1. The van der Waals surface area contributed by atoms with Crippen molar-refractivity contribution in [2.24, 2.45) is 11.6 Å². The maximum Gasteiger partial charge on any atom is 0.163 e. The average molecular weight is 435 g/mol. The highest BCUT2D eigenvalue weighted by Gasteiger charge is 2.13. The van der Waals surface area contributed by atoms with E-state index in [1.165, 1.54) is 5.01 Å². The minimum absolute atomic E-state index is 0.493. The predicted octanol–water partition coefficient (Wildman–Crippen LogP) is 2.98. The summed E-state index contributed by atoms with van der Waals surface area (Å²) in [7, 11) is 3.21. The number of ether oxygens (including phenoxy) is 2. The third-order valence-electron chi connectivity index (χ3n) is 4.88. The molecule has 0 saturated heterocycles. The molecule has 0 aliphatic heterocycles. The fraction of sp³-hybridized carbons (Fsp3) is 0.250. The molecular weight excluding hydrogens is 404 g/mol. The lowest BCUT2D eigenvalue weighted by atomic mass is 10.1. The summed E-state index contributed by atoms with van der Waals surface area (Å²) in [5, 5.41) is 1.49. The minimum atomic E-state index is 0.493. The molecule has 2 aromatic heterocycles. The van der Waals surface area contributed by atoms with Gasteiger partial charge in [0.05, 0.1) is 31.3 Å². The molecule has 1 aromatic carbocycles. The number of nitrogens with two attached hydrogens (primary N) is 2. The van der Waals surface area contributed by atoms with E-state index in [-0.39, 0.29) is 0 Å². The highest BCUT2D eigenvalue weighted by atomic mass is 16.5. The van der Waals surface area contributed by atoms with Gasteiger partial charge in [0, 0.05) is 50.0 Å². The van der Waals surface area contributed by atoms with Crippen LogP contribution in [0.15, 0.2) is 72.8 Å². The van der Waals surface area contributed by atoms with Crippen LogP contribution < -0.4 is 26.1 Å². The van der Waals surface area contributed by atoms with Crippen LogP contribution in [0, 0.1) is 6.92 Å². The van der Waals surface area contributed by atoms with Crippen LogP contribution in [0.1, 0.15) is 17.0 Å². The first-order chi connectivity index (χ1) is 15.5. The molecule has 0 unspecified atom stereocenters. The first-order valence-electron chi connectivity index (χ1n) is 10.2. The first-order valence-corrected chi connectivity index (χ1v) is 10.2. The van der Waals surface area contributed by atoms with Gasteiger partial charge in [0.25, 0.3) is 0 Å². The fourth-order valence-corrected chi connectivity index (χ4v) is 3.45. The Kier molecular flexibility index (Phi) is 8.02. The monoisotopic (exact) mass is 434 g/mol. The zero-order valence-corrected chi connectivity index (χ0v) is 18.7. The van der Waals surface area contributed by atoms with E-state index in [2.05, 4.69) is 14.9 Å². The molecule has 4 N–H and O–H groups in total. The Hall–Kier alpha value is -3.62. The van der Waals surface area contributed by atoms with Gasteiger partial charge in [0.2, 0.25) is 0 Å². The Labute approximate surface area is 189 Å². The third kappa shape index (κ3) is 6.19. The number of rotatable bonds is 10. The van der Waals surface area contributed by atoms with Gasteiger partial charge in [-0.25, -0.2) is 5.84 Å². The lowest BCUT2D eigenvalue weighted by Crippen LogP contribution is -2.32. The van der Waals surface area contributed by atoms with Crippen LogP contribution >= 0.6 is 0 Å². The highest BCUT2D eigenvalue weighted by molar-refractivity contribution is 5.60. The molecule has 8 heteroatoms. The number of aryl methyl sites for hydroxylation is 1. The summed E-state index contributed by atoms with van der Waals surface area (Å²) >= 11 is 0. The van der Waals surface area contributed by atoms with Gasteiger partial charge in [-0.05, 0) is 42.8 Å². The molecule has 0 fully saturated rings. The van der Waals surface area contributed by atoms with E-state index in [4.69, 9.17) is 21.1 Å². The van der Waals surface area contributed by atoms with Crippen LogP contribution in [0.4, 0.5) is 5.69 Å². The van der Waals surface area contributed by atoms with Gasteiger partial charge in [0.15, 0.2) is 11.5 Å². The second-order valence-electron chi connectivity index (χ2n) is 7.40. The standard InChI is InChI=1S/C24H30N6O2/c1-18-12-22(13-23(31-2)24(18)32-3)30(26)15-19(25)14-29(16-20-8-4-6-10-27-20)17-21-9-5-7-11-28-21/h4-13,15H,14,16-17,25-26H2,1-3H3/b19-15-. The number of hydrazine groups is 1. The van der Waals surface area contributed by atoms with Crippen LogP contribution in [-0.4, -0.2) is 35.6 Å². The van der Waals surface area contributed by atoms with E-state index < -0.39 is 0 Å². The van der Waals surface area contributed by atoms with Crippen LogP contribution in [0.5, 0.6) is 11.5 Å². The number of anilines is 1. The largest absolute Gasteiger partial charge is 0.493 e. The molecular formula is C24H30N6O2. The summed E-state index contributed by atoms with van der Waals surface area (Å²) in [6, 6.07) is 15.5. The van der Waals surface area contributed by atoms with Crippen LogP contribution in [0.2, 0.25) is 0 Å². The van der Waals surface area contributed by atoms with Crippen molar-refractivity contribution < 1.29 is 9.47 Å². The van der Waals surface area contributed by atoms with E-state index in [0.717, 1.165) is 22.6 Å². The zero-order valence-electron chi connectivity index (χ0n) is 18.7. The van der Waals surface area contributed by atoms with Crippen molar-refractivity contribution in [3.05, 3.63) is 89.8 Å². The van der Waals surface area contributed by atoms with E-state index in [1.54, 1.807) is 32.8 Å². The van der Waals surface area contributed by atoms with Gasteiger partial charge in [0.1, 0.15) is 0 Å². The van der Waals surface area contributed by atoms with Crippen LogP contribution in [0.3, 0.4) is 0 Å². The van der Waals surface area contributed by atoms with E-state index in [1.807, 2.05) is 55.5 Å². The molecule has 0 aliphatic carbocycles. The number of methoxy groups -OCH3 is 2. The summed E-state index contributed by atoms with van der Waals surface area (Å²) < 4.78 is 10.8. The lowest BCUT2D eigenvalue weighted by molar-refractivity contribution is 0.271. The summed E-state index contributed by atoms with van der Waals surface area (Å²) in [5.74, 6) is 7.59. The molecule has 0 saturated carbocycles. The average Bonchev–Trinajstić information content (AvgIpc) is 2.79. The third-order valence-corrected chi connectivity index (χ3v) is 4.88. The van der Waals surface area contributed by atoms with E-state index in [9.17, 15) is 0 Å². The molecule has 0 atom stereocenters. The summed E-state index contributed by atoms with van der Waals surface area (Å²) in [6.07, 6.45) is 5.29. The van der Waals surface area contributed by atoms with Crippen molar-refractivity contribution in [3.8, 4) is 11.5 Å². The SMILES string of the molecule is COc1cc(N(N)/C=C(\N)CN(Cc2ccccn2)Cc2ccccn2)cc(C)c1OC. The Bertz CT molecular complexity index is 986. The number of pyridine rings is 2. The lowest BCUT2D eigenvalue weighted by Gasteiger charge is -2.23. The molecule has 32 heavy (non-hydrogen) atoms. The van der Waals surface area contributed by atoms with Gasteiger partial charge in [-0.15, -0.1) is 0 Å². The fourth-order valence-electron chi connectivity index (χ4n) is 3.45. The number of nitrogens with zero attached hydrogens (tertiary/aromatic N) is 4. The smallest absolute Gasteiger partial charge is 0.163 e. The van der Waals surface area contributed by atoms with Crippen molar-refractivity contribution in [3.63, 3.8) is 0 Å². The van der Waals surface area contributed by atoms with Crippen molar-refractivity contribution in [2.75, 3.05) is 25.8 Å². The highest BCUT2D eigenvalue weighted by Crippen LogP contribution is 2.34. The molecule has 0 amide bonds. The first kappa shape index (κ1) is 23.1.